The Morgan fingerprint density at radius 3 is 2.54 bits per heavy atom. The average Bonchev–Trinajstić information content (AvgIpc) is 3.10. The summed E-state index contributed by atoms with van der Waals surface area (Å²) in [6.07, 6.45) is 3.44. The Labute approximate surface area is 161 Å². The SMILES string of the molecule is O=C(/C=C/c1nc2ccccc2s1)N1CCN(c2ccccc2Cl)CC1. The molecule has 2 heterocycles. The van der Waals surface area contributed by atoms with Crippen molar-refractivity contribution in [1.29, 1.82) is 0 Å². The minimum absolute atomic E-state index is 0.0306. The lowest BCUT2D eigenvalue weighted by molar-refractivity contribution is -0.126. The number of carbonyl (C=O) groups excluding carboxylic acids is 1. The van der Waals surface area contributed by atoms with E-state index in [1.165, 1.54) is 0 Å². The number of amides is 1. The first-order chi connectivity index (χ1) is 12.7. The Balaban J connectivity index is 1.38. The normalized spacial score (nSPS) is 15.1. The molecule has 132 valence electrons. The van der Waals surface area contributed by atoms with Crippen LogP contribution in [0.2, 0.25) is 5.02 Å². The van der Waals surface area contributed by atoms with Crippen LogP contribution in [-0.2, 0) is 4.79 Å². The van der Waals surface area contributed by atoms with Crippen LogP contribution in [0.4, 0.5) is 5.69 Å². The van der Waals surface area contributed by atoms with Gasteiger partial charge >= 0.3 is 0 Å². The molecule has 1 saturated heterocycles. The fraction of sp³-hybridized carbons (Fsp3) is 0.200. The molecule has 1 aromatic heterocycles. The van der Waals surface area contributed by atoms with E-state index in [1.54, 1.807) is 17.4 Å². The van der Waals surface area contributed by atoms with E-state index in [0.29, 0.717) is 13.1 Å². The second-order valence-electron chi connectivity index (χ2n) is 6.12. The molecule has 0 radical (unpaired) electrons. The van der Waals surface area contributed by atoms with Crippen LogP contribution in [0, 0.1) is 0 Å². The summed E-state index contributed by atoms with van der Waals surface area (Å²) >= 11 is 7.86. The predicted octanol–water partition coefficient (Wildman–Crippen LogP) is 4.31. The van der Waals surface area contributed by atoms with Crippen molar-refractivity contribution >= 4 is 50.8 Å². The molecule has 1 aliphatic heterocycles. The van der Waals surface area contributed by atoms with E-state index in [-0.39, 0.29) is 5.91 Å². The van der Waals surface area contributed by atoms with Crippen LogP contribution in [0.25, 0.3) is 16.3 Å². The van der Waals surface area contributed by atoms with Crippen molar-refractivity contribution in [3.05, 3.63) is 64.6 Å². The lowest BCUT2D eigenvalue weighted by Gasteiger charge is -2.36. The van der Waals surface area contributed by atoms with Crippen LogP contribution in [0.1, 0.15) is 5.01 Å². The molecule has 26 heavy (non-hydrogen) atoms. The lowest BCUT2D eigenvalue weighted by Crippen LogP contribution is -2.48. The standard InChI is InChI=1S/C20H18ClN3OS/c21-15-5-1-3-7-17(15)23-11-13-24(14-12-23)20(25)10-9-19-22-16-6-2-4-8-18(16)26-19/h1-10H,11-14H2/b10-9+. The number of nitrogens with zero attached hydrogens (tertiary/aromatic N) is 3. The largest absolute Gasteiger partial charge is 0.367 e. The molecule has 0 atom stereocenters. The summed E-state index contributed by atoms with van der Waals surface area (Å²) in [4.78, 5) is 21.1. The van der Waals surface area contributed by atoms with E-state index in [1.807, 2.05) is 59.5 Å². The van der Waals surface area contributed by atoms with Crippen molar-refractivity contribution in [3.63, 3.8) is 0 Å². The smallest absolute Gasteiger partial charge is 0.246 e. The van der Waals surface area contributed by atoms with Gasteiger partial charge in [-0.2, -0.15) is 0 Å². The summed E-state index contributed by atoms with van der Waals surface area (Å²) in [6, 6.07) is 15.8. The van der Waals surface area contributed by atoms with Gasteiger partial charge in [-0.05, 0) is 30.3 Å². The number of piperazine rings is 1. The monoisotopic (exact) mass is 383 g/mol. The summed E-state index contributed by atoms with van der Waals surface area (Å²) in [5, 5.41) is 1.61. The van der Waals surface area contributed by atoms with Crippen LogP contribution in [-0.4, -0.2) is 42.0 Å². The van der Waals surface area contributed by atoms with Crippen molar-refractivity contribution in [1.82, 2.24) is 9.88 Å². The molecule has 0 unspecified atom stereocenters. The van der Waals surface area contributed by atoms with E-state index >= 15 is 0 Å². The molecule has 0 aliphatic carbocycles. The Bertz CT molecular complexity index is 927. The number of anilines is 1. The van der Waals surface area contributed by atoms with Gasteiger partial charge in [0.1, 0.15) is 5.01 Å². The Morgan fingerprint density at radius 1 is 1.04 bits per heavy atom. The highest BCUT2D eigenvalue weighted by Gasteiger charge is 2.21. The molecular formula is C20H18ClN3OS. The molecule has 4 nitrogen and oxygen atoms in total. The average molecular weight is 384 g/mol. The first-order valence-electron chi connectivity index (χ1n) is 8.53. The van der Waals surface area contributed by atoms with Gasteiger partial charge in [-0.15, -0.1) is 11.3 Å². The second-order valence-corrected chi connectivity index (χ2v) is 7.59. The fourth-order valence-electron chi connectivity index (χ4n) is 3.09. The third-order valence-electron chi connectivity index (χ3n) is 4.46. The number of carbonyl (C=O) groups is 1. The van der Waals surface area contributed by atoms with Crippen LogP contribution < -0.4 is 4.90 Å². The Morgan fingerprint density at radius 2 is 1.77 bits per heavy atom. The van der Waals surface area contributed by atoms with Gasteiger partial charge in [-0.3, -0.25) is 4.79 Å². The number of halogens is 1. The van der Waals surface area contributed by atoms with Crippen molar-refractivity contribution in [3.8, 4) is 0 Å². The van der Waals surface area contributed by atoms with Crippen molar-refractivity contribution < 1.29 is 4.79 Å². The van der Waals surface area contributed by atoms with Gasteiger partial charge < -0.3 is 9.80 Å². The topological polar surface area (TPSA) is 36.4 Å². The van der Waals surface area contributed by atoms with Gasteiger partial charge in [0.25, 0.3) is 0 Å². The molecule has 2 aromatic carbocycles. The zero-order valence-electron chi connectivity index (χ0n) is 14.1. The van der Waals surface area contributed by atoms with Gasteiger partial charge in [-0.1, -0.05) is 35.9 Å². The number of benzene rings is 2. The Hall–Kier alpha value is -2.37. The first-order valence-corrected chi connectivity index (χ1v) is 9.72. The predicted molar refractivity (Wildman–Crippen MR) is 109 cm³/mol. The number of fused-ring (bicyclic) bond motifs is 1. The summed E-state index contributed by atoms with van der Waals surface area (Å²) in [5.41, 5.74) is 2.00. The molecule has 0 spiro atoms. The molecule has 1 fully saturated rings. The van der Waals surface area contributed by atoms with E-state index in [9.17, 15) is 4.79 Å². The first kappa shape index (κ1) is 17.1. The van der Waals surface area contributed by atoms with E-state index in [0.717, 1.165) is 39.0 Å². The van der Waals surface area contributed by atoms with Crippen molar-refractivity contribution in [2.45, 2.75) is 0 Å². The van der Waals surface area contributed by atoms with E-state index in [4.69, 9.17) is 11.6 Å². The molecule has 0 bridgehead atoms. The van der Waals surface area contributed by atoms with Crippen LogP contribution in [0.3, 0.4) is 0 Å². The van der Waals surface area contributed by atoms with Crippen LogP contribution in [0.15, 0.2) is 54.6 Å². The maximum atomic E-state index is 12.5. The number of hydrogen-bond acceptors (Lipinski definition) is 4. The zero-order chi connectivity index (χ0) is 17.9. The number of hydrogen-bond donors (Lipinski definition) is 0. The number of para-hydroxylation sites is 2. The summed E-state index contributed by atoms with van der Waals surface area (Å²) < 4.78 is 1.13. The molecule has 1 aliphatic rings. The maximum Gasteiger partial charge on any atom is 0.246 e. The van der Waals surface area contributed by atoms with Gasteiger partial charge in [0.05, 0.1) is 20.9 Å². The minimum Gasteiger partial charge on any atom is -0.367 e. The summed E-state index contributed by atoms with van der Waals surface area (Å²) in [7, 11) is 0. The summed E-state index contributed by atoms with van der Waals surface area (Å²) in [5.74, 6) is 0.0306. The van der Waals surface area contributed by atoms with Gasteiger partial charge in [0.15, 0.2) is 0 Å². The third-order valence-corrected chi connectivity index (χ3v) is 5.78. The molecule has 0 saturated carbocycles. The Kier molecular flexibility index (Phi) is 4.91. The lowest BCUT2D eigenvalue weighted by atomic mass is 10.2. The quantitative estimate of drug-likeness (QED) is 0.632. The molecule has 1 amide bonds. The van der Waals surface area contributed by atoms with E-state index < -0.39 is 0 Å². The molecule has 6 heteroatoms. The minimum atomic E-state index is 0.0306. The maximum absolute atomic E-state index is 12.5. The fourth-order valence-corrected chi connectivity index (χ4v) is 4.21. The third kappa shape index (κ3) is 3.59. The van der Waals surface area contributed by atoms with Gasteiger partial charge in [0.2, 0.25) is 5.91 Å². The van der Waals surface area contributed by atoms with Gasteiger partial charge in [-0.25, -0.2) is 4.98 Å². The second kappa shape index (κ2) is 7.48. The molecular weight excluding hydrogens is 366 g/mol. The number of rotatable bonds is 3. The molecule has 3 aromatic rings. The van der Waals surface area contributed by atoms with Crippen molar-refractivity contribution in [2.24, 2.45) is 0 Å². The summed E-state index contributed by atoms with van der Waals surface area (Å²) in [6.45, 7) is 2.94. The van der Waals surface area contributed by atoms with Crippen LogP contribution in [0.5, 0.6) is 0 Å². The number of aromatic nitrogens is 1. The highest BCUT2D eigenvalue weighted by molar-refractivity contribution is 7.19. The molecule has 0 N–H and O–H groups in total. The molecule has 4 rings (SSSR count). The van der Waals surface area contributed by atoms with E-state index in [2.05, 4.69) is 9.88 Å². The van der Waals surface area contributed by atoms with Gasteiger partial charge in [0, 0.05) is 32.3 Å². The number of thiazole rings is 1. The highest BCUT2D eigenvalue weighted by Crippen LogP contribution is 2.26. The van der Waals surface area contributed by atoms with Crippen molar-refractivity contribution in [2.75, 3.05) is 31.1 Å². The van der Waals surface area contributed by atoms with Crippen LogP contribution >= 0.6 is 22.9 Å². The zero-order valence-corrected chi connectivity index (χ0v) is 15.7. The highest BCUT2D eigenvalue weighted by atomic mass is 35.5.